The van der Waals surface area contributed by atoms with Gasteiger partial charge in [-0.3, -0.25) is 0 Å². The first kappa shape index (κ1) is 18.5. The van der Waals surface area contributed by atoms with Crippen LogP contribution in [0, 0.1) is 6.92 Å². The predicted molar refractivity (Wildman–Crippen MR) is 95.5 cm³/mol. The predicted octanol–water partition coefficient (Wildman–Crippen LogP) is 5.91. The highest BCUT2D eigenvalue weighted by atomic mass is 19.4. The smallest absolute Gasteiger partial charge is 0.433 e. The summed E-state index contributed by atoms with van der Waals surface area (Å²) in [7, 11) is 1.57. The molecule has 0 aliphatic carbocycles. The number of ether oxygens (including phenoxy) is 1. The van der Waals surface area contributed by atoms with Crippen LogP contribution in [0.3, 0.4) is 0 Å². The van der Waals surface area contributed by atoms with Crippen molar-refractivity contribution < 1.29 is 17.9 Å². The van der Waals surface area contributed by atoms with Crippen LogP contribution >= 0.6 is 0 Å². The molecule has 0 heterocycles. The van der Waals surface area contributed by atoms with Gasteiger partial charge in [-0.2, -0.15) is 13.2 Å². The number of nitrogens with zero attached hydrogens (tertiary/aromatic N) is 1. The zero-order valence-electron chi connectivity index (χ0n) is 13.9. The van der Waals surface area contributed by atoms with Gasteiger partial charge in [-0.15, -0.1) is 0 Å². The van der Waals surface area contributed by atoms with Gasteiger partial charge in [-0.05, 0) is 42.8 Å². The van der Waals surface area contributed by atoms with Crippen LogP contribution in [0.4, 0.5) is 18.9 Å². The lowest BCUT2D eigenvalue weighted by Crippen LogP contribution is -2.20. The number of allylic oxidation sites excluding steroid dienone is 3. The molecule has 0 spiro atoms. The van der Waals surface area contributed by atoms with Crippen LogP contribution in [0.5, 0.6) is 5.75 Å². The van der Waals surface area contributed by atoms with Gasteiger partial charge >= 0.3 is 6.18 Å². The molecule has 130 valence electrons. The van der Waals surface area contributed by atoms with E-state index in [1.807, 2.05) is 19.1 Å². The van der Waals surface area contributed by atoms with E-state index in [1.54, 1.807) is 49.6 Å². The maximum Gasteiger partial charge on any atom is 0.433 e. The molecule has 0 fully saturated rings. The number of hydrogen-bond donors (Lipinski definition) is 0. The number of benzene rings is 2. The highest BCUT2D eigenvalue weighted by molar-refractivity contribution is 6.01. The van der Waals surface area contributed by atoms with Crippen molar-refractivity contribution in [2.75, 3.05) is 7.11 Å². The Kier molecular flexibility index (Phi) is 6.17. The summed E-state index contributed by atoms with van der Waals surface area (Å²) in [5.74, 6) is 0.720. The van der Waals surface area contributed by atoms with Gasteiger partial charge in [0.05, 0.1) is 12.8 Å². The van der Waals surface area contributed by atoms with Gasteiger partial charge in [0.15, 0.2) is 0 Å². The van der Waals surface area contributed by atoms with Crippen LogP contribution in [0.2, 0.25) is 0 Å². The molecule has 5 heteroatoms. The molecule has 0 aliphatic heterocycles. The quantitative estimate of drug-likeness (QED) is 0.488. The molecule has 25 heavy (non-hydrogen) atoms. The summed E-state index contributed by atoms with van der Waals surface area (Å²) in [6.07, 6.45) is 1.01. The molecule has 0 aliphatic rings. The Morgan fingerprint density at radius 1 is 0.960 bits per heavy atom. The van der Waals surface area contributed by atoms with E-state index >= 15 is 0 Å². The fourth-order valence-electron chi connectivity index (χ4n) is 1.98. The van der Waals surface area contributed by atoms with Crippen molar-refractivity contribution >= 4 is 17.5 Å². The fourth-order valence-corrected chi connectivity index (χ4v) is 1.98. The summed E-state index contributed by atoms with van der Waals surface area (Å²) in [5.41, 5.74) is 1.14. The van der Waals surface area contributed by atoms with E-state index in [2.05, 4.69) is 4.99 Å². The number of halogens is 3. The highest BCUT2D eigenvalue weighted by Crippen LogP contribution is 2.23. The van der Waals surface area contributed by atoms with Gasteiger partial charge in [0.2, 0.25) is 0 Å². The normalized spacial score (nSPS) is 12.9. The van der Waals surface area contributed by atoms with E-state index in [0.717, 1.165) is 23.0 Å². The average Bonchev–Trinajstić information content (AvgIpc) is 2.59. The largest absolute Gasteiger partial charge is 0.497 e. The van der Waals surface area contributed by atoms with Crippen molar-refractivity contribution in [2.45, 2.75) is 13.1 Å². The van der Waals surface area contributed by atoms with Crippen LogP contribution in [0.25, 0.3) is 6.08 Å². The molecular formula is C20H18F3NO. The summed E-state index contributed by atoms with van der Waals surface area (Å²) in [6, 6.07) is 13.7. The maximum atomic E-state index is 13.1. The lowest BCUT2D eigenvalue weighted by molar-refractivity contribution is -0.0576. The summed E-state index contributed by atoms with van der Waals surface area (Å²) in [6.45, 7) is 1.86. The summed E-state index contributed by atoms with van der Waals surface area (Å²) >= 11 is 0. The molecule has 0 radical (unpaired) electrons. The molecule has 2 aromatic carbocycles. The topological polar surface area (TPSA) is 21.6 Å². The number of hydrogen-bond acceptors (Lipinski definition) is 2. The fraction of sp³-hybridized carbons (Fsp3) is 0.150. The van der Waals surface area contributed by atoms with Crippen molar-refractivity contribution in [3.63, 3.8) is 0 Å². The molecule has 0 saturated heterocycles. The van der Waals surface area contributed by atoms with E-state index < -0.39 is 11.9 Å². The van der Waals surface area contributed by atoms with Gasteiger partial charge in [0, 0.05) is 0 Å². The van der Waals surface area contributed by atoms with E-state index in [0.29, 0.717) is 0 Å². The summed E-state index contributed by atoms with van der Waals surface area (Å²) in [4.78, 5) is 3.69. The minimum Gasteiger partial charge on any atom is -0.497 e. The number of aryl methyl sites for hydroxylation is 1. The van der Waals surface area contributed by atoms with Crippen molar-refractivity contribution in [1.82, 2.24) is 0 Å². The number of aliphatic imine (C=N–C) groups is 1. The summed E-state index contributed by atoms with van der Waals surface area (Å²) in [5, 5.41) is 0. The minimum atomic E-state index is -4.52. The second-order valence-corrected chi connectivity index (χ2v) is 5.32. The molecule has 2 rings (SSSR count). The third-order valence-electron chi connectivity index (χ3n) is 3.34. The van der Waals surface area contributed by atoms with E-state index in [4.69, 9.17) is 4.74 Å². The van der Waals surface area contributed by atoms with Crippen LogP contribution < -0.4 is 4.74 Å². The van der Waals surface area contributed by atoms with Crippen molar-refractivity contribution in [3.8, 4) is 5.75 Å². The first-order chi connectivity index (χ1) is 11.9. The molecule has 0 amide bonds. The van der Waals surface area contributed by atoms with Gasteiger partial charge < -0.3 is 4.74 Å². The lowest BCUT2D eigenvalue weighted by atomic mass is 10.2. The lowest BCUT2D eigenvalue weighted by Gasteiger charge is -2.06. The average molecular weight is 345 g/mol. The Morgan fingerprint density at radius 2 is 1.60 bits per heavy atom. The molecule has 0 unspecified atom stereocenters. The van der Waals surface area contributed by atoms with E-state index in [9.17, 15) is 13.2 Å². The Labute approximate surface area is 145 Å². The van der Waals surface area contributed by atoms with Crippen LogP contribution in [0.15, 0.2) is 71.8 Å². The zero-order valence-corrected chi connectivity index (χ0v) is 13.9. The second kappa shape index (κ2) is 8.33. The first-order valence-corrected chi connectivity index (χ1v) is 7.60. The highest BCUT2D eigenvalue weighted by Gasteiger charge is 2.33. The Balaban J connectivity index is 2.14. The van der Waals surface area contributed by atoms with Crippen LogP contribution in [-0.2, 0) is 0 Å². The van der Waals surface area contributed by atoms with E-state index in [-0.39, 0.29) is 5.69 Å². The second-order valence-electron chi connectivity index (χ2n) is 5.32. The van der Waals surface area contributed by atoms with Crippen LogP contribution in [-0.4, -0.2) is 19.0 Å². The van der Waals surface area contributed by atoms with Gasteiger partial charge in [0.25, 0.3) is 0 Å². The van der Waals surface area contributed by atoms with Crippen LogP contribution in [0.1, 0.15) is 11.1 Å². The standard InChI is InChI=1S/C20H18F3NO/c1-15-7-11-17(12-8-15)24-19(20(21,22)23)6-4-3-5-16-9-13-18(25-2)14-10-16/h3-14H,1-2H3/b5-3+,6-4+,24-19?. The maximum absolute atomic E-state index is 13.1. The number of methoxy groups -OCH3 is 1. The Bertz CT molecular complexity index is 770. The van der Waals surface area contributed by atoms with Gasteiger partial charge in [0.1, 0.15) is 11.5 Å². The molecule has 0 aromatic heterocycles. The Hall–Kier alpha value is -2.82. The third kappa shape index (κ3) is 5.95. The molecule has 0 bridgehead atoms. The SMILES string of the molecule is COc1ccc(/C=C/C=C/C(=Nc2ccc(C)cc2)C(F)(F)F)cc1. The molecule has 2 nitrogen and oxygen atoms in total. The van der Waals surface area contributed by atoms with Gasteiger partial charge in [-0.25, -0.2) is 4.99 Å². The molecular weight excluding hydrogens is 327 g/mol. The monoisotopic (exact) mass is 345 g/mol. The van der Waals surface area contributed by atoms with Gasteiger partial charge in [-0.1, -0.05) is 48.1 Å². The van der Waals surface area contributed by atoms with E-state index in [1.165, 1.54) is 12.2 Å². The molecule has 2 aromatic rings. The Morgan fingerprint density at radius 3 is 2.16 bits per heavy atom. The molecule has 0 saturated carbocycles. The van der Waals surface area contributed by atoms with Crippen molar-refractivity contribution in [1.29, 1.82) is 0 Å². The minimum absolute atomic E-state index is 0.265. The number of rotatable bonds is 5. The zero-order chi connectivity index (χ0) is 18.3. The van der Waals surface area contributed by atoms with Crippen molar-refractivity contribution in [3.05, 3.63) is 77.9 Å². The molecule has 0 N–H and O–H groups in total. The number of alkyl halides is 3. The molecule has 0 atom stereocenters. The van der Waals surface area contributed by atoms with Crippen molar-refractivity contribution in [2.24, 2.45) is 4.99 Å². The first-order valence-electron chi connectivity index (χ1n) is 7.60. The third-order valence-corrected chi connectivity index (χ3v) is 3.34. The summed E-state index contributed by atoms with van der Waals surface area (Å²) < 4.78 is 44.3.